The molecule has 0 saturated heterocycles. The van der Waals surface area contributed by atoms with E-state index in [-0.39, 0.29) is 25.2 Å². The SMILES string of the molecule is CC/C=C\C/C=C\C/C=C\CCCCCC(=O)OCC(COCCCCCCCC/C=C\C/C=C\CCCCC)OC(=O)CCCCCCCCC. The zero-order valence-electron chi connectivity index (χ0n) is 34.3. The first kappa shape index (κ1) is 49.6. The second kappa shape index (κ2) is 43.0. The van der Waals surface area contributed by atoms with E-state index < -0.39 is 6.10 Å². The van der Waals surface area contributed by atoms with E-state index in [1.807, 2.05) is 0 Å². The summed E-state index contributed by atoms with van der Waals surface area (Å²) in [4.78, 5) is 25.1. The van der Waals surface area contributed by atoms with Crippen LogP contribution in [0.25, 0.3) is 0 Å². The maximum absolute atomic E-state index is 12.6. The average Bonchev–Trinajstić information content (AvgIpc) is 3.14. The minimum atomic E-state index is -0.549. The van der Waals surface area contributed by atoms with Crippen LogP contribution in [0.15, 0.2) is 60.8 Å². The number of carbonyl (C=O) groups is 2. The van der Waals surface area contributed by atoms with E-state index >= 15 is 0 Å². The van der Waals surface area contributed by atoms with Gasteiger partial charge in [0.2, 0.25) is 0 Å². The van der Waals surface area contributed by atoms with Crippen molar-refractivity contribution < 1.29 is 23.8 Å². The smallest absolute Gasteiger partial charge is 0.306 e. The van der Waals surface area contributed by atoms with Gasteiger partial charge in [-0.05, 0) is 83.5 Å². The van der Waals surface area contributed by atoms with E-state index in [1.165, 1.54) is 83.5 Å². The number of hydrogen-bond donors (Lipinski definition) is 0. The molecule has 0 heterocycles. The molecule has 0 aromatic carbocycles. The van der Waals surface area contributed by atoms with Crippen LogP contribution < -0.4 is 0 Å². The van der Waals surface area contributed by atoms with Crippen molar-refractivity contribution in [3.05, 3.63) is 60.8 Å². The lowest BCUT2D eigenvalue weighted by Gasteiger charge is -2.18. The molecule has 0 rings (SSSR count). The minimum Gasteiger partial charge on any atom is -0.462 e. The lowest BCUT2D eigenvalue weighted by molar-refractivity contribution is -0.163. The highest BCUT2D eigenvalue weighted by Crippen LogP contribution is 2.12. The Labute approximate surface area is 322 Å². The number of rotatable bonds is 39. The van der Waals surface area contributed by atoms with Gasteiger partial charge >= 0.3 is 11.9 Å². The summed E-state index contributed by atoms with van der Waals surface area (Å²) in [5.74, 6) is -0.445. The normalized spacial score (nSPS) is 12.8. The van der Waals surface area contributed by atoms with Crippen LogP contribution in [-0.2, 0) is 23.8 Å². The summed E-state index contributed by atoms with van der Waals surface area (Å²) in [6.07, 6.45) is 52.3. The molecule has 300 valence electrons. The zero-order chi connectivity index (χ0) is 37.8. The quantitative estimate of drug-likeness (QED) is 0.0358. The van der Waals surface area contributed by atoms with E-state index in [1.54, 1.807) is 0 Å². The Hall–Kier alpha value is -2.40. The molecule has 0 aliphatic rings. The van der Waals surface area contributed by atoms with Crippen molar-refractivity contribution in [2.45, 2.75) is 207 Å². The first-order valence-electron chi connectivity index (χ1n) is 21.8. The molecule has 5 nitrogen and oxygen atoms in total. The molecule has 0 fully saturated rings. The minimum absolute atomic E-state index is 0.0653. The third kappa shape index (κ3) is 40.4. The molecular weight excluding hydrogens is 645 g/mol. The van der Waals surface area contributed by atoms with Gasteiger partial charge < -0.3 is 14.2 Å². The third-order valence-corrected chi connectivity index (χ3v) is 9.04. The summed E-state index contributed by atoms with van der Waals surface area (Å²) in [5.41, 5.74) is 0. The number of unbranched alkanes of at least 4 members (excludes halogenated alkanes) is 18. The Morgan fingerprint density at radius 1 is 0.442 bits per heavy atom. The largest absolute Gasteiger partial charge is 0.462 e. The molecule has 5 heteroatoms. The van der Waals surface area contributed by atoms with Gasteiger partial charge in [-0.25, -0.2) is 0 Å². The Morgan fingerprint density at radius 2 is 0.865 bits per heavy atom. The number of esters is 2. The van der Waals surface area contributed by atoms with Gasteiger partial charge in [0.15, 0.2) is 6.10 Å². The fourth-order valence-electron chi connectivity index (χ4n) is 5.79. The van der Waals surface area contributed by atoms with Crippen molar-refractivity contribution in [2.24, 2.45) is 0 Å². The van der Waals surface area contributed by atoms with Crippen LogP contribution in [-0.4, -0.2) is 37.9 Å². The number of ether oxygens (including phenoxy) is 3. The van der Waals surface area contributed by atoms with Crippen LogP contribution in [0.4, 0.5) is 0 Å². The second-order valence-electron chi connectivity index (χ2n) is 14.2. The molecule has 0 amide bonds. The lowest BCUT2D eigenvalue weighted by Crippen LogP contribution is -2.30. The lowest BCUT2D eigenvalue weighted by atomic mass is 10.1. The molecular formula is C47H82O5. The number of carbonyl (C=O) groups excluding carboxylic acids is 2. The van der Waals surface area contributed by atoms with Crippen LogP contribution in [0, 0.1) is 0 Å². The molecule has 0 spiro atoms. The van der Waals surface area contributed by atoms with Gasteiger partial charge in [0.05, 0.1) is 6.61 Å². The number of hydrogen-bond acceptors (Lipinski definition) is 5. The topological polar surface area (TPSA) is 61.8 Å². The highest BCUT2D eigenvalue weighted by atomic mass is 16.6. The second-order valence-corrected chi connectivity index (χ2v) is 14.2. The van der Waals surface area contributed by atoms with Crippen molar-refractivity contribution in [3.63, 3.8) is 0 Å². The third-order valence-electron chi connectivity index (χ3n) is 9.04. The highest BCUT2D eigenvalue weighted by Gasteiger charge is 2.17. The predicted molar refractivity (Wildman–Crippen MR) is 224 cm³/mol. The van der Waals surface area contributed by atoms with Gasteiger partial charge in [0.1, 0.15) is 6.61 Å². The highest BCUT2D eigenvalue weighted by molar-refractivity contribution is 5.70. The monoisotopic (exact) mass is 727 g/mol. The van der Waals surface area contributed by atoms with Crippen LogP contribution in [0.5, 0.6) is 0 Å². The summed E-state index contributed by atoms with van der Waals surface area (Å²) < 4.78 is 17.2. The van der Waals surface area contributed by atoms with Gasteiger partial charge in [0, 0.05) is 19.4 Å². The van der Waals surface area contributed by atoms with E-state index in [2.05, 4.69) is 81.5 Å². The Bertz CT molecular complexity index is 915. The van der Waals surface area contributed by atoms with Gasteiger partial charge in [-0.1, -0.05) is 165 Å². The molecule has 0 aromatic heterocycles. The fraction of sp³-hybridized carbons (Fsp3) is 0.745. The van der Waals surface area contributed by atoms with Gasteiger partial charge in [-0.2, -0.15) is 0 Å². The number of allylic oxidation sites excluding steroid dienone is 10. The molecule has 0 aliphatic heterocycles. The summed E-state index contributed by atoms with van der Waals surface area (Å²) >= 11 is 0. The molecule has 1 unspecified atom stereocenters. The first-order valence-corrected chi connectivity index (χ1v) is 21.8. The van der Waals surface area contributed by atoms with Crippen molar-refractivity contribution >= 4 is 11.9 Å². The molecule has 0 bridgehead atoms. The molecule has 0 aromatic rings. The van der Waals surface area contributed by atoms with Gasteiger partial charge in [-0.3, -0.25) is 9.59 Å². The van der Waals surface area contributed by atoms with Gasteiger partial charge in [-0.15, -0.1) is 0 Å². The van der Waals surface area contributed by atoms with Gasteiger partial charge in [0.25, 0.3) is 0 Å². The molecule has 52 heavy (non-hydrogen) atoms. The van der Waals surface area contributed by atoms with E-state index in [9.17, 15) is 9.59 Å². The molecule has 0 saturated carbocycles. The maximum atomic E-state index is 12.6. The van der Waals surface area contributed by atoms with Crippen LogP contribution in [0.2, 0.25) is 0 Å². The van der Waals surface area contributed by atoms with E-state index in [0.717, 1.165) is 83.5 Å². The zero-order valence-corrected chi connectivity index (χ0v) is 34.3. The van der Waals surface area contributed by atoms with Crippen molar-refractivity contribution in [3.8, 4) is 0 Å². The Balaban J connectivity index is 4.23. The molecule has 0 N–H and O–H groups in total. The summed E-state index contributed by atoms with van der Waals surface area (Å²) in [6, 6.07) is 0. The summed E-state index contributed by atoms with van der Waals surface area (Å²) in [6.45, 7) is 7.59. The van der Waals surface area contributed by atoms with Crippen LogP contribution in [0.1, 0.15) is 201 Å². The summed E-state index contributed by atoms with van der Waals surface area (Å²) in [5, 5.41) is 0. The molecule has 0 radical (unpaired) electrons. The van der Waals surface area contributed by atoms with E-state index in [4.69, 9.17) is 14.2 Å². The first-order chi connectivity index (χ1) is 25.6. The standard InChI is InChI=1S/C47H82O5/c1-4-7-10-13-16-18-20-22-23-24-26-28-30-33-36-39-42-50-43-45(52-47(49)41-38-35-31-15-12-9-6-3)44-51-46(48)40-37-34-32-29-27-25-21-19-17-14-11-8-5-2/h8,11,16-19,22-23,25,27,45H,4-7,9-10,12-15,20-21,24,26,28-44H2,1-3H3/b11-8-,18-16-,19-17-,23-22-,27-25-. The van der Waals surface area contributed by atoms with E-state index in [0.29, 0.717) is 19.4 Å². The average molecular weight is 727 g/mol. The predicted octanol–water partition coefficient (Wildman–Crippen LogP) is 14.2. The Morgan fingerprint density at radius 3 is 1.44 bits per heavy atom. The van der Waals surface area contributed by atoms with Crippen molar-refractivity contribution in [2.75, 3.05) is 19.8 Å². The molecule has 0 aliphatic carbocycles. The maximum Gasteiger partial charge on any atom is 0.306 e. The van der Waals surface area contributed by atoms with Crippen LogP contribution >= 0.6 is 0 Å². The fourth-order valence-corrected chi connectivity index (χ4v) is 5.79. The van der Waals surface area contributed by atoms with Crippen molar-refractivity contribution in [1.29, 1.82) is 0 Å². The van der Waals surface area contributed by atoms with Crippen LogP contribution in [0.3, 0.4) is 0 Å². The summed E-state index contributed by atoms with van der Waals surface area (Å²) in [7, 11) is 0. The molecule has 1 atom stereocenters. The Kier molecular flexibility index (Phi) is 41.0. The van der Waals surface area contributed by atoms with Crippen molar-refractivity contribution in [1.82, 2.24) is 0 Å².